The van der Waals surface area contributed by atoms with Crippen LogP contribution in [0.25, 0.3) is 0 Å². The van der Waals surface area contributed by atoms with Gasteiger partial charge in [0, 0.05) is 19.2 Å². The topological polar surface area (TPSA) is 70.5 Å². The molecular formula is C15H22N2O3. The van der Waals surface area contributed by atoms with Crippen molar-refractivity contribution < 1.29 is 14.7 Å². The standard InChI is InChI=1S/C15H22N2O3/c1-4-5-6-14(18)17(10-12(3)15(19)20)13-9-11(2)7-8-16-13/h7-9,12H,4-6,10H2,1-3H3,(H,19,20). The minimum atomic E-state index is -0.911. The van der Waals surface area contributed by atoms with Gasteiger partial charge in [0.25, 0.3) is 0 Å². The van der Waals surface area contributed by atoms with E-state index in [0.717, 1.165) is 18.4 Å². The van der Waals surface area contributed by atoms with Gasteiger partial charge in [-0.05, 0) is 31.0 Å². The van der Waals surface area contributed by atoms with Gasteiger partial charge >= 0.3 is 5.97 Å². The first-order valence-electron chi connectivity index (χ1n) is 6.91. The lowest BCUT2D eigenvalue weighted by molar-refractivity contribution is -0.140. The molecule has 0 aliphatic carbocycles. The van der Waals surface area contributed by atoms with Crippen LogP contribution < -0.4 is 4.90 Å². The molecule has 0 aliphatic rings. The number of carboxylic acid groups (broad SMARTS) is 1. The van der Waals surface area contributed by atoms with Crippen LogP contribution in [0.1, 0.15) is 38.7 Å². The van der Waals surface area contributed by atoms with Gasteiger partial charge in [0.05, 0.1) is 5.92 Å². The van der Waals surface area contributed by atoms with Gasteiger partial charge in [0.1, 0.15) is 5.82 Å². The van der Waals surface area contributed by atoms with E-state index in [4.69, 9.17) is 5.11 Å². The van der Waals surface area contributed by atoms with E-state index < -0.39 is 11.9 Å². The summed E-state index contributed by atoms with van der Waals surface area (Å²) in [6.45, 7) is 5.68. The minimum Gasteiger partial charge on any atom is -0.481 e. The maximum atomic E-state index is 12.3. The predicted octanol–water partition coefficient (Wildman–Crippen LogP) is 2.63. The van der Waals surface area contributed by atoms with Crippen LogP contribution in [0.15, 0.2) is 18.3 Å². The number of nitrogens with zero attached hydrogens (tertiary/aromatic N) is 2. The summed E-state index contributed by atoms with van der Waals surface area (Å²) >= 11 is 0. The number of carbonyl (C=O) groups is 2. The molecule has 1 N–H and O–H groups in total. The van der Waals surface area contributed by atoms with Crippen molar-refractivity contribution in [2.45, 2.75) is 40.0 Å². The van der Waals surface area contributed by atoms with Crippen molar-refractivity contribution in [3.63, 3.8) is 0 Å². The van der Waals surface area contributed by atoms with Gasteiger partial charge in [0.2, 0.25) is 5.91 Å². The Labute approximate surface area is 119 Å². The first-order valence-corrected chi connectivity index (χ1v) is 6.91. The number of aliphatic carboxylic acids is 1. The van der Waals surface area contributed by atoms with Crippen molar-refractivity contribution in [1.29, 1.82) is 0 Å². The van der Waals surface area contributed by atoms with Crippen LogP contribution in [0.2, 0.25) is 0 Å². The molecule has 0 fully saturated rings. The molecule has 0 aromatic carbocycles. The molecule has 1 aromatic rings. The van der Waals surface area contributed by atoms with Crippen molar-refractivity contribution in [2.24, 2.45) is 5.92 Å². The number of pyridine rings is 1. The number of carboxylic acids is 1. The lowest BCUT2D eigenvalue weighted by Gasteiger charge is -2.24. The first-order chi connectivity index (χ1) is 9.45. The summed E-state index contributed by atoms with van der Waals surface area (Å²) in [6, 6.07) is 3.65. The molecular weight excluding hydrogens is 256 g/mol. The van der Waals surface area contributed by atoms with E-state index in [9.17, 15) is 9.59 Å². The van der Waals surface area contributed by atoms with E-state index in [1.807, 2.05) is 19.9 Å². The Kier molecular flexibility index (Phi) is 6.15. The summed E-state index contributed by atoms with van der Waals surface area (Å²) in [5.74, 6) is -1.08. The van der Waals surface area contributed by atoms with Gasteiger partial charge in [-0.15, -0.1) is 0 Å². The van der Waals surface area contributed by atoms with Crippen molar-refractivity contribution in [2.75, 3.05) is 11.4 Å². The normalized spacial score (nSPS) is 11.9. The minimum absolute atomic E-state index is 0.0712. The number of hydrogen-bond acceptors (Lipinski definition) is 3. The Morgan fingerprint density at radius 2 is 2.15 bits per heavy atom. The largest absolute Gasteiger partial charge is 0.481 e. The summed E-state index contributed by atoms with van der Waals surface area (Å²) in [5.41, 5.74) is 0.992. The third-order valence-electron chi connectivity index (χ3n) is 3.10. The zero-order chi connectivity index (χ0) is 15.1. The number of anilines is 1. The van der Waals surface area contributed by atoms with Gasteiger partial charge in [-0.1, -0.05) is 20.3 Å². The number of amides is 1. The van der Waals surface area contributed by atoms with Gasteiger partial charge in [-0.3, -0.25) is 14.5 Å². The molecule has 0 saturated carbocycles. The molecule has 110 valence electrons. The number of aryl methyl sites for hydroxylation is 1. The monoisotopic (exact) mass is 278 g/mol. The third-order valence-corrected chi connectivity index (χ3v) is 3.10. The fraction of sp³-hybridized carbons (Fsp3) is 0.533. The molecule has 20 heavy (non-hydrogen) atoms. The number of unbranched alkanes of at least 4 members (excludes halogenated alkanes) is 1. The number of hydrogen-bond donors (Lipinski definition) is 1. The molecule has 1 atom stereocenters. The molecule has 0 aliphatic heterocycles. The summed E-state index contributed by atoms with van der Waals surface area (Å²) in [4.78, 5) is 29.0. The Hall–Kier alpha value is -1.91. The van der Waals surface area contributed by atoms with Crippen LogP contribution in [0, 0.1) is 12.8 Å². The highest BCUT2D eigenvalue weighted by Crippen LogP contribution is 2.16. The van der Waals surface area contributed by atoms with Crippen molar-refractivity contribution in [3.8, 4) is 0 Å². The van der Waals surface area contributed by atoms with E-state index in [2.05, 4.69) is 4.98 Å². The predicted molar refractivity (Wildman–Crippen MR) is 77.7 cm³/mol. The van der Waals surface area contributed by atoms with E-state index in [0.29, 0.717) is 12.2 Å². The molecule has 1 aromatic heterocycles. The lowest BCUT2D eigenvalue weighted by Crippen LogP contribution is -2.37. The third kappa shape index (κ3) is 4.64. The van der Waals surface area contributed by atoms with Crippen LogP contribution in [0.5, 0.6) is 0 Å². The highest BCUT2D eigenvalue weighted by atomic mass is 16.4. The van der Waals surface area contributed by atoms with Crippen LogP contribution in [-0.2, 0) is 9.59 Å². The molecule has 0 spiro atoms. The van der Waals surface area contributed by atoms with Crippen molar-refractivity contribution in [1.82, 2.24) is 4.98 Å². The Bertz CT molecular complexity index is 474. The molecule has 1 amide bonds. The summed E-state index contributed by atoms with van der Waals surface area (Å²) in [6.07, 6.45) is 3.77. The molecule has 1 heterocycles. The maximum absolute atomic E-state index is 12.3. The fourth-order valence-corrected chi connectivity index (χ4v) is 1.81. The van der Waals surface area contributed by atoms with Crippen LogP contribution in [-0.4, -0.2) is 28.5 Å². The van der Waals surface area contributed by atoms with Crippen LogP contribution in [0.3, 0.4) is 0 Å². The molecule has 0 bridgehead atoms. The summed E-state index contributed by atoms with van der Waals surface area (Å²) in [5, 5.41) is 9.03. The first kappa shape index (κ1) is 16.1. The summed E-state index contributed by atoms with van der Waals surface area (Å²) in [7, 11) is 0. The fourth-order valence-electron chi connectivity index (χ4n) is 1.81. The van der Waals surface area contributed by atoms with Crippen LogP contribution in [0.4, 0.5) is 5.82 Å². The Morgan fingerprint density at radius 3 is 2.70 bits per heavy atom. The second-order valence-corrected chi connectivity index (χ2v) is 5.04. The molecule has 0 radical (unpaired) electrons. The average molecular weight is 278 g/mol. The molecule has 1 unspecified atom stereocenters. The Balaban J connectivity index is 2.94. The SMILES string of the molecule is CCCCC(=O)N(CC(C)C(=O)O)c1cc(C)ccn1. The zero-order valence-electron chi connectivity index (χ0n) is 12.3. The second-order valence-electron chi connectivity index (χ2n) is 5.04. The molecule has 5 heteroatoms. The quantitative estimate of drug-likeness (QED) is 0.832. The molecule has 1 rings (SSSR count). The van der Waals surface area contributed by atoms with Gasteiger partial charge in [-0.25, -0.2) is 4.98 Å². The number of rotatable bonds is 7. The van der Waals surface area contributed by atoms with E-state index in [-0.39, 0.29) is 12.5 Å². The Morgan fingerprint density at radius 1 is 1.45 bits per heavy atom. The van der Waals surface area contributed by atoms with Gasteiger partial charge in [0.15, 0.2) is 0 Å². The van der Waals surface area contributed by atoms with Crippen molar-refractivity contribution in [3.05, 3.63) is 23.9 Å². The van der Waals surface area contributed by atoms with Gasteiger partial charge in [-0.2, -0.15) is 0 Å². The maximum Gasteiger partial charge on any atom is 0.308 e. The van der Waals surface area contributed by atoms with Gasteiger partial charge < -0.3 is 5.11 Å². The van der Waals surface area contributed by atoms with E-state index >= 15 is 0 Å². The molecule has 5 nitrogen and oxygen atoms in total. The highest BCUT2D eigenvalue weighted by molar-refractivity contribution is 5.93. The molecule has 0 saturated heterocycles. The van der Waals surface area contributed by atoms with Crippen LogP contribution >= 0.6 is 0 Å². The van der Waals surface area contributed by atoms with E-state index in [1.165, 1.54) is 4.90 Å². The highest BCUT2D eigenvalue weighted by Gasteiger charge is 2.22. The summed E-state index contributed by atoms with van der Waals surface area (Å²) < 4.78 is 0. The smallest absolute Gasteiger partial charge is 0.308 e. The average Bonchev–Trinajstić information content (AvgIpc) is 2.41. The van der Waals surface area contributed by atoms with Crippen molar-refractivity contribution >= 4 is 17.7 Å². The number of carbonyl (C=O) groups excluding carboxylic acids is 1. The lowest BCUT2D eigenvalue weighted by atomic mass is 10.1. The second kappa shape index (κ2) is 7.62. The van der Waals surface area contributed by atoms with E-state index in [1.54, 1.807) is 19.2 Å². The number of aromatic nitrogens is 1. The zero-order valence-corrected chi connectivity index (χ0v) is 12.3.